The highest BCUT2D eigenvalue weighted by Gasteiger charge is 2.18. The quantitative estimate of drug-likeness (QED) is 0.806. The van der Waals surface area contributed by atoms with Gasteiger partial charge in [0.25, 0.3) is 0 Å². The van der Waals surface area contributed by atoms with Gasteiger partial charge in [-0.1, -0.05) is 6.07 Å². The van der Waals surface area contributed by atoms with Gasteiger partial charge in [0.2, 0.25) is 0 Å². The van der Waals surface area contributed by atoms with E-state index < -0.39 is 12.0 Å². The van der Waals surface area contributed by atoms with Crippen LogP contribution in [0.25, 0.3) is 5.52 Å². The molecule has 2 heterocycles. The maximum atomic E-state index is 10.6. The Balaban J connectivity index is 2.55. The number of carbonyl (C=O) groups is 1. The molecule has 2 rings (SSSR count). The molecule has 2 aromatic rings. The highest BCUT2D eigenvalue weighted by Crippen LogP contribution is 2.18. The average Bonchev–Trinajstić information content (AvgIpc) is 2.67. The monoisotopic (exact) mass is 230 g/mol. The van der Waals surface area contributed by atoms with Gasteiger partial charge in [-0.3, -0.25) is 4.79 Å². The molecule has 0 fully saturated rings. The van der Waals surface area contributed by atoms with Crippen molar-refractivity contribution in [2.75, 3.05) is 0 Å². The number of hydrogen-bond acceptors (Lipinski definition) is 4. The van der Waals surface area contributed by atoms with Crippen molar-refractivity contribution in [1.82, 2.24) is 9.38 Å². The van der Waals surface area contributed by atoms with Crippen LogP contribution < -0.4 is 5.73 Å². The SMILES string of the molecule is N#Cc1nc(C(N)CC(=O)O)n2ccccc12. The van der Waals surface area contributed by atoms with E-state index in [2.05, 4.69) is 4.98 Å². The number of aromatic nitrogens is 2. The van der Waals surface area contributed by atoms with Crippen LogP contribution in [-0.4, -0.2) is 20.5 Å². The van der Waals surface area contributed by atoms with Gasteiger partial charge >= 0.3 is 5.97 Å². The molecule has 0 aromatic carbocycles. The van der Waals surface area contributed by atoms with Crippen LogP contribution in [0.15, 0.2) is 24.4 Å². The minimum absolute atomic E-state index is 0.223. The summed E-state index contributed by atoms with van der Waals surface area (Å²) in [5.41, 5.74) is 6.64. The normalized spacial score (nSPS) is 12.2. The van der Waals surface area contributed by atoms with Crippen LogP contribution in [0, 0.1) is 11.3 Å². The fourth-order valence-corrected chi connectivity index (χ4v) is 1.68. The van der Waals surface area contributed by atoms with Crippen molar-refractivity contribution in [3.05, 3.63) is 35.9 Å². The van der Waals surface area contributed by atoms with E-state index >= 15 is 0 Å². The van der Waals surface area contributed by atoms with Gasteiger partial charge in [0, 0.05) is 6.20 Å². The third-order valence-corrected chi connectivity index (χ3v) is 2.41. The van der Waals surface area contributed by atoms with Crippen molar-refractivity contribution in [1.29, 1.82) is 5.26 Å². The van der Waals surface area contributed by atoms with E-state index in [1.165, 1.54) is 0 Å². The number of aliphatic carboxylic acids is 1. The summed E-state index contributed by atoms with van der Waals surface area (Å²) < 4.78 is 1.64. The Morgan fingerprint density at radius 1 is 1.65 bits per heavy atom. The van der Waals surface area contributed by atoms with Crippen LogP contribution in [0.5, 0.6) is 0 Å². The molecule has 0 aliphatic carbocycles. The van der Waals surface area contributed by atoms with Crippen molar-refractivity contribution >= 4 is 11.5 Å². The standard InChI is InChI=1S/C11H10N4O2/c12-6-8-9-3-1-2-4-15(9)11(14-8)7(13)5-10(16)17/h1-4,7H,5,13H2,(H,16,17). The fourth-order valence-electron chi connectivity index (χ4n) is 1.68. The topological polar surface area (TPSA) is 104 Å². The number of nitriles is 1. The molecule has 0 aliphatic heterocycles. The molecule has 0 amide bonds. The average molecular weight is 230 g/mol. The van der Waals surface area contributed by atoms with Crippen molar-refractivity contribution in [3.8, 4) is 6.07 Å². The first kappa shape index (κ1) is 11.1. The Bertz CT molecular complexity index is 611. The molecule has 1 unspecified atom stereocenters. The molecular weight excluding hydrogens is 220 g/mol. The molecule has 0 saturated heterocycles. The van der Waals surface area contributed by atoms with E-state index in [9.17, 15) is 4.79 Å². The zero-order chi connectivity index (χ0) is 12.4. The van der Waals surface area contributed by atoms with E-state index in [1.807, 2.05) is 6.07 Å². The second kappa shape index (κ2) is 4.23. The lowest BCUT2D eigenvalue weighted by Crippen LogP contribution is -2.17. The number of pyridine rings is 1. The van der Waals surface area contributed by atoms with Gasteiger partial charge in [0.1, 0.15) is 11.9 Å². The maximum absolute atomic E-state index is 10.6. The molecule has 1 atom stereocenters. The predicted molar refractivity (Wildman–Crippen MR) is 59.1 cm³/mol. The summed E-state index contributed by atoms with van der Waals surface area (Å²) in [7, 11) is 0. The Labute approximate surface area is 96.9 Å². The highest BCUT2D eigenvalue weighted by atomic mass is 16.4. The summed E-state index contributed by atoms with van der Waals surface area (Å²) >= 11 is 0. The zero-order valence-corrected chi connectivity index (χ0v) is 8.87. The smallest absolute Gasteiger partial charge is 0.305 e. The molecule has 17 heavy (non-hydrogen) atoms. The number of carboxylic acids is 1. The first-order valence-corrected chi connectivity index (χ1v) is 4.98. The lowest BCUT2D eigenvalue weighted by molar-refractivity contribution is -0.137. The minimum atomic E-state index is -0.997. The third-order valence-electron chi connectivity index (χ3n) is 2.41. The molecule has 0 aliphatic rings. The van der Waals surface area contributed by atoms with Gasteiger partial charge < -0.3 is 15.2 Å². The van der Waals surface area contributed by atoms with Crippen LogP contribution in [-0.2, 0) is 4.79 Å². The Hall–Kier alpha value is -2.39. The Morgan fingerprint density at radius 2 is 2.41 bits per heavy atom. The summed E-state index contributed by atoms with van der Waals surface area (Å²) in [6, 6.07) is 6.52. The first-order chi connectivity index (χ1) is 8.13. The maximum Gasteiger partial charge on any atom is 0.305 e. The Kier molecular flexibility index (Phi) is 2.77. The van der Waals surface area contributed by atoms with Crippen molar-refractivity contribution in [3.63, 3.8) is 0 Å². The molecule has 0 bridgehead atoms. The molecule has 2 aromatic heterocycles. The Morgan fingerprint density at radius 3 is 3.06 bits per heavy atom. The summed E-state index contributed by atoms with van der Waals surface area (Å²) in [6.07, 6.45) is 1.49. The van der Waals surface area contributed by atoms with Crippen LogP contribution in [0.2, 0.25) is 0 Å². The van der Waals surface area contributed by atoms with Crippen molar-refractivity contribution in [2.45, 2.75) is 12.5 Å². The lowest BCUT2D eigenvalue weighted by Gasteiger charge is -2.07. The van der Waals surface area contributed by atoms with E-state index in [-0.39, 0.29) is 12.1 Å². The number of carboxylic acid groups (broad SMARTS) is 1. The van der Waals surface area contributed by atoms with Crippen molar-refractivity contribution in [2.24, 2.45) is 5.73 Å². The minimum Gasteiger partial charge on any atom is -0.481 e. The summed E-state index contributed by atoms with van der Waals surface area (Å²) in [5.74, 6) is -0.608. The van der Waals surface area contributed by atoms with E-state index in [4.69, 9.17) is 16.1 Å². The molecule has 3 N–H and O–H groups in total. The zero-order valence-electron chi connectivity index (χ0n) is 8.87. The predicted octanol–water partition coefficient (Wildman–Crippen LogP) is 0.680. The van der Waals surface area contributed by atoms with E-state index in [0.717, 1.165) is 0 Å². The number of rotatable bonds is 3. The number of hydrogen-bond donors (Lipinski definition) is 2. The molecule has 0 spiro atoms. The van der Waals surface area contributed by atoms with Gasteiger partial charge in [-0.2, -0.15) is 5.26 Å². The van der Waals surface area contributed by atoms with Crippen LogP contribution in [0.1, 0.15) is 24.0 Å². The van der Waals surface area contributed by atoms with E-state index in [1.54, 1.807) is 28.8 Å². The first-order valence-electron chi connectivity index (χ1n) is 4.98. The number of nitrogens with two attached hydrogens (primary N) is 1. The lowest BCUT2D eigenvalue weighted by atomic mass is 10.2. The van der Waals surface area contributed by atoms with Crippen LogP contribution in [0.4, 0.5) is 0 Å². The molecule has 86 valence electrons. The summed E-state index contributed by atoms with van der Waals surface area (Å²) in [6.45, 7) is 0. The molecule has 6 heteroatoms. The van der Waals surface area contributed by atoms with E-state index in [0.29, 0.717) is 11.3 Å². The number of nitrogens with zero attached hydrogens (tertiary/aromatic N) is 3. The molecule has 0 saturated carbocycles. The van der Waals surface area contributed by atoms with Gasteiger partial charge in [-0.15, -0.1) is 0 Å². The second-order valence-electron chi connectivity index (χ2n) is 3.59. The van der Waals surface area contributed by atoms with Gasteiger partial charge in [-0.05, 0) is 12.1 Å². The second-order valence-corrected chi connectivity index (χ2v) is 3.59. The van der Waals surface area contributed by atoms with Gasteiger partial charge in [0.05, 0.1) is 18.0 Å². The molecule has 0 radical (unpaired) electrons. The largest absolute Gasteiger partial charge is 0.481 e. The van der Waals surface area contributed by atoms with Gasteiger partial charge in [0.15, 0.2) is 5.69 Å². The number of fused-ring (bicyclic) bond motifs is 1. The summed E-state index contributed by atoms with van der Waals surface area (Å²) in [4.78, 5) is 14.7. The highest BCUT2D eigenvalue weighted by molar-refractivity contribution is 5.68. The summed E-state index contributed by atoms with van der Waals surface area (Å²) in [5, 5.41) is 17.6. The van der Waals surface area contributed by atoms with Crippen LogP contribution in [0.3, 0.4) is 0 Å². The molecular formula is C11H10N4O2. The van der Waals surface area contributed by atoms with Gasteiger partial charge in [-0.25, -0.2) is 4.98 Å². The van der Waals surface area contributed by atoms with Crippen molar-refractivity contribution < 1.29 is 9.90 Å². The number of imidazole rings is 1. The third kappa shape index (κ3) is 1.96. The molecule has 6 nitrogen and oxygen atoms in total. The fraction of sp³-hybridized carbons (Fsp3) is 0.182. The van der Waals surface area contributed by atoms with Crippen LogP contribution >= 0.6 is 0 Å².